The Hall–Kier alpha value is -1.91. The lowest BCUT2D eigenvalue weighted by Crippen LogP contribution is -2.28. The second-order valence-corrected chi connectivity index (χ2v) is 4.64. The lowest BCUT2D eigenvalue weighted by Gasteiger charge is -2.17. The first-order chi connectivity index (χ1) is 9.74. The largest absolute Gasteiger partial charge is 0.494 e. The molecule has 0 aliphatic heterocycles. The Morgan fingerprint density at radius 2 is 1.95 bits per heavy atom. The predicted octanol–water partition coefficient (Wildman–Crippen LogP) is 2.97. The molecule has 4 heteroatoms. The number of rotatable bonds is 6. The van der Waals surface area contributed by atoms with Crippen LogP contribution in [0.5, 0.6) is 5.75 Å². The summed E-state index contributed by atoms with van der Waals surface area (Å²) >= 11 is 0. The summed E-state index contributed by atoms with van der Waals surface area (Å²) in [4.78, 5) is 0. The number of ether oxygens (including phenoxy) is 1. The van der Waals surface area contributed by atoms with E-state index in [2.05, 4.69) is 17.6 Å². The van der Waals surface area contributed by atoms with Crippen LogP contribution in [0.3, 0.4) is 0 Å². The Morgan fingerprint density at radius 1 is 1.20 bits per heavy atom. The summed E-state index contributed by atoms with van der Waals surface area (Å²) in [5, 5.41) is 0. The van der Waals surface area contributed by atoms with Crippen molar-refractivity contribution in [1.82, 2.24) is 5.43 Å². The van der Waals surface area contributed by atoms with Gasteiger partial charge in [0.25, 0.3) is 0 Å². The zero-order valence-corrected chi connectivity index (χ0v) is 11.5. The highest BCUT2D eigenvalue weighted by atomic mass is 19.1. The molecule has 2 rings (SSSR count). The number of benzene rings is 2. The highest BCUT2D eigenvalue weighted by Crippen LogP contribution is 2.24. The Kier molecular flexibility index (Phi) is 5.09. The molecule has 0 aliphatic carbocycles. The van der Waals surface area contributed by atoms with Gasteiger partial charge in [-0.05, 0) is 36.1 Å². The minimum Gasteiger partial charge on any atom is -0.494 e. The number of hydrogen-bond acceptors (Lipinski definition) is 3. The standard InChI is InChI=1S/C16H19FN2O/c1-20-16-10-8-13(11-14(16)17)15(19-18)9-7-12-5-3-2-4-6-12/h2-6,8,10-11,15,19H,7,9,18H2,1H3. The van der Waals surface area contributed by atoms with Gasteiger partial charge in [0, 0.05) is 6.04 Å². The molecule has 0 fully saturated rings. The second-order valence-electron chi connectivity index (χ2n) is 4.64. The first kappa shape index (κ1) is 14.5. The maximum absolute atomic E-state index is 13.7. The van der Waals surface area contributed by atoms with E-state index in [-0.39, 0.29) is 17.6 Å². The van der Waals surface area contributed by atoms with Gasteiger partial charge in [0.1, 0.15) is 0 Å². The zero-order valence-electron chi connectivity index (χ0n) is 11.5. The minimum absolute atomic E-state index is 0.0874. The van der Waals surface area contributed by atoms with E-state index >= 15 is 0 Å². The minimum atomic E-state index is -0.370. The molecule has 3 N–H and O–H groups in total. The SMILES string of the molecule is COc1ccc(C(CCc2ccccc2)NN)cc1F. The number of halogens is 1. The summed E-state index contributed by atoms with van der Waals surface area (Å²) in [6.45, 7) is 0. The van der Waals surface area contributed by atoms with Crippen LogP contribution in [0.1, 0.15) is 23.6 Å². The van der Waals surface area contributed by atoms with E-state index in [1.54, 1.807) is 6.07 Å². The van der Waals surface area contributed by atoms with Gasteiger partial charge >= 0.3 is 0 Å². The fourth-order valence-electron chi connectivity index (χ4n) is 2.20. The van der Waals surface area contributed by atoms with Crippen LogP contribution in [-0.4, -0.2) is 7.11 Å². The molecule has 20 heavy (non-hydrogen) atoms. The third kappa shape index (κ3) is 3.56. The van der Waals surface area contributed by atoms with Crippen molar-refractivity contribution in [2.24, 2.45) is 5.84 Å². The molecule has 0 saturated carbocycles. The van der Waals surface area contributed by atoms with E-state index in [0.717, 1.165) is 18.4 Å². The first-order valence-corrected chi connectivity index (χ1v) is 6.58. The topological polar surface area (TPSA) is 47.3 Å². The van der Waals surface area contributed by atoms with Crippen molar-refractivity contribution < 1.29 is 9.13 Å². The van der Waals surface area contributed by atoms with Crippen molar-refractivity contribution in [2.45, 2.75) is 18.9 Å². The number of nitrogens with one attached hydrogen (secondary N) is 1. The predicted molar refractivity (Wildman–Crippen MR) is 77.8 cm³/mol. The monoisotopic (exact) mass is 274 g/mol. The highest BCUT2D eigenvalue weighted by molar-refractivity contribution is 5.31. The fourth-order valence-corrected chi connectivity index (χ4v) is 2.20. The summed E-state index contributed by atoms with van der Waals surface area (Å²) in [5.41, 5.74) is 4.80. The maximum atomic E-state index is 13.7. The van der Waals surface area contributed by atoms with E-state index in [4.69, 9.17) is 10.6 Å². The Labute approximate surface area is 118 Å². The quantitative estimate of drug-likeness (QED) is 0.629. The average Bonchev–Trinajstić information content (AvgIpc) is 2.49. The van der Waals surface area contributed by atoms with Crippen molar-refractivity contribution in [3.63, 3.8) is 0 Å². The molecule has 106 valence electrons. The van der Waals surface area contributed by atoms with Crippen molar-refractivity contribution >= 4 is 0 Å². The molecule has 2 aromatic rings. The number of aryl methyl sites for hydroxylation is 1. The van der Waals surface area contributed by atoms with Crippen LogP contribution in [0.2, 0.25) is 0 Å². The lowest BCUT2D eigenvalue weighted by molar-refractivity contribution is 0.385. The van der Waals surface area contributed by atoms with Gasteiger partial charge in [-0.25, -0.2) is 4.39 Å². The number of hydrogen-bond donors (Lipinski definition) is 2. The smallest absolute Gasteiger partial charge is 0.165 e. The third-order valence-electron chi connectivity index (χ3n) is 3.34. The van der Waals surface area contributed by atoms with Gasteiger partial charge in [0.2, 0.25) is 0 Å². The van der Waals surface area contributed by atoms with Gasteiger partial charge in [-0.2, -0.15) is 0 Å². The molecule has 0 radical (unpaired) electrons. The van der Waals surface area contributed by atoms with Gasteiger partial charge < -0.3 is 4.74 Å². The zero-order chi connectivity index (χ0) is 14.4. The fraction of sp³-hybridized carbons (Fsp3) is 0.250. The summed E-state index contributed by atoms with van der Waals surface area (Å²) in [6, 6.07) is 15.0. The van der Waals surface area contributed by atoms with Crippen LogP contribution in [0, 0.1) is 5.82 Å². The van der Waals surface area contributed by atoms with Gasteiger partial charge in [-0.15, -0.1) is 0 Å². The van der Waals surface area contributed by atoms with Crippen LogP contribution < -0.4 is 16.0 Å². The molecule has 1 unspecified atom stereocenters. The van der Waals surface area contributed by atoms with Crippen molar-refractivity contribution in [3.8, 4) is 5.75 Å². The molecule has 0 saturated heterocycles. The maximum Gasteiger partial charge on any atom is 0.165 e. The van der Waals surface area contributed by atoms with E-state index in [1.165, 1.54) is 18.7 Å². The van der Waals surface area contributed by atoms with Gasteiger partial charge in [0.05, 0.1) is 7.11 Å². The molecule has 0 spiro atoms. The van der Waals surface area contributed by atoms with Crippen LogP contribution >= 0.6 is 0 Å². The molecule has 3 nitrogen and oxygen atoms in total. The van der Waals surface area contributed by atoms with Crippen molar-refractivity contribution in [1.29, 1.82) is 0 Å². The molecule has 0 aromatic heterocycles. The number of nitrogens with two attached hydrogens (primary N) is 1. The number of hydrazine groups is 1. The van der Waals surface area contributed by atoms with Crippen LogP contribution in [0.15, 0.2) is 48.5 Å². The molecule has 0 heterocycles. The first-order valence-electron chi connectivity index (χ1n) is 6.58. The van der Waals surface area contributed by atoms with E-state index in [0.29, 0.717) is 0 Å². The normalized spacial score (nSPS) is 12.2. The second kappa shape index (κ2) is 7.03. The summed E-state index contributed by atoms with van der Waals surface area (Å²) < 4.78 is 18.6. The summed E-state index contributed by atoms with van der Waals surface area (Å²) in [5.74, 6) is 5.46. The van der Waals surface area contributed by atoms with E-state index in [9.17, 15) is 4.39 Å². The van der Waals surface area contributed by atoms with Gasteiger partial charge in [-0.3, -0.25) is 11.3 Å². The van der Waals surface area contributed by atoms with Crippen molar-refractivity contribution in [2.75, 3.05) is 7.11 Å². The van der Waals surface area contributed by atoms with Gasteiger partial charge in [-0.1, -0.05) is 36.4 Å². The Balaban J connectivity index is 2.06. The Morgan fingerprint density at radius 3 is 2.55 bits per heavy atom. The van der Waals surface area contributed by atoms with Crippen molar-refractivity contribution in [3.05, 3.63) is 65.5 Å². The molecular weight excluding hydrogens is 255 g/mol. The highest BCUT2D eigenvalue weighted by Gasteiger charge is 2.12. The molecule has 0 aliphatic rings. The molecule has 1 atom stereocenters. The van der Waals surface area contributed by atoms with Crippen LogP contribution in [-0.2, 0) is 6.42 Å². The van der Waals surface area contributed by atoms with Crippen LogP contribution in [0.4, 0.5) is 4.39 Å². The molecular formula is C16H19FN2O. The molecule has 2 aromatic carbocycles. The van der Waals surface area contributed by atoms with E-state index in [1.807, 2.05) is 24.3 Å². The molecule has 0 bridgehead atoms. The summed E-state index contributed by atoms with van der Waals surface area (Å²) in [7, 11) is 1.45. The van der Waals surface area contributed by atoms with Crippen LogP contribution in [0.25, 0.3) is 0 Å². The third-order valence-corrected chi connectivity index (χ3v) is 3.34. The number of methoxy groups -OCH3 is 1. The van der Waals surface area contributed by atoms with Gasteiger partial charge in [0.15, 0.2) is 11.6 Å². The summed E-state index contributed by atoms with van der Waals surface area (Å²) in [6.07, 6.45) is 1.68. The van der Waals surface area contributed by atoms with E-state index < -0.39 is 0 Å². The Bertz CT molecular complexity index is 545. The lowest BCUT2D eigenvalue weighted by atomic mass is 9.99. The average molecular weight is 274 g/mol. The molecule has 0 amide bonds.